The van der Waals surface area contributed by atoms with Gasteiger partial charge in [0.25, 0.3) is 5.91 Å². The average Bonchev–Trinajstić information content (AvgIpc) is 3.40. The number of ether oxygens (including phenoxy) is 1. The number of hydrogen-bond donors (Lipinski definition) is 1. The predicted molar refractivity (Wildman–Crippen MR) is 127 cm³/mol. The van der Waals surface area contributed by atoms with Crippen molar-refractivity contribution in [3.05, 3.63) is 82.1 Å². The highest BCUT2D eigenvalue weighted by molar-refractivity contribution is 5.98. The number of nitrogens with zero attached hydrogens (tertiary/aromatic N) is 3. The van der Waals surface area contributed by atoms with Gasteiger partial charge in [-0.1, -0.05) is 11.6 Å². The number of aryl methyl sites for hydroxylation is 2. The zero-order valence-corrected chi connectivity index (χ0v) is 19.4. The minimum absolute atomic E-state index is 0.302. The molecule has 0 bridgehead atoms. The van der Waals surface area contributed by atoms with Crippen LogP contribution in [0.15, 0.2) is 47.1 Å². The van der Waals surface area contributed by atoms with Gasteiger partial charge >= 0.3 is 5.97 Å². The van der Waals surface area contributed by atoms with Gasteiger partial charge in [0, 0.05) is 11.1 Å². The minimum atomic E-state index is -0.637. The summed E-state index contributed by atoms with van der Waals surface area (Å²) >= 11 is 0. The van der Waals surface area contributed by atoms with Crippen molar-refractivity contribution in [2.45, 2.75) is 34.2 Å². The Bertz CT molecular complexity index is 1440. The van der Waals surface area contributed by atoms with Crippen LogP contribution in [0.3, 0.4) is 0 Å². The summed E-state index contributed by atoms with van der Waals surface area (Å²) in [5, 5.41) is 13.2. The molecule has 4 rings (SSSR count). The summed E-state index contributed by atoms with van der Waals surface area (Å²) in [5.41, 5.74) is 4.60. The van der Waals surface area contributed by atoms with E-state index in [2.05, 4.69) is 16.4 Å². The molecule has 34 heavy (non-hydrogen) atoms. The minimum Gasteiger partial charge on any atom is -0.467 e. The number of hydrogen-bond acceptors (Lipinski definition) is 6. The summed E-state index contributed by atoms with van der Waals surface area (Å²) in [6, 6.07) is 13.2. The van der Waals surface area contributed by atoms with E-state index < -0.39 is 18.5 Å². The van der Waals surface area contributed by atoms with Crippen LogP contribution in [0.5, 0.6) is 0 Å². The normalized spacial score (nSPS) is 10.8. The largest absolute Gasteiger partial charge is 0.467 e. The molecule has 172 valence electrons. The summed E-state index contributed by atoms with van der Waals surface area (Å²) in [6.07, 6.45) is 1.56. The lowest BCUT2D eigenvalue weighted by molar-refractivity contribution is -0.119. The van der Waals surface area contributed by atoms with Gasteiger partial charge in [-0.25, -0.2) is 4.79 Å². The van der Waals surface area contributed by atoms with Crippen LogP contribution < -0.4 is 5.32 Å². The second-order valence-corrected chi connectivity index (χ2v) is 8.15. The summed E-state index contributed by atoms with van der Waals surface area (Å²) < 4.78 is 12.5. The SMILES string of the molecule is Cc1ccc2nc(C)c(C(=O)OCC(=O)Nc3c(C#N)c(C)c(C)n3Cc3ccco3)cc2c1. The highest BCUT2D eigenvalue weighted by atomic mass is 16.5. The van der Waals surface area contributed by atoms with Gasteiger partial charge in [-0.2, -0.15) is 5.26 Å². The Labute approximate surface area is 196 Å². The van der Waals surface area contributed by atoms with Gasteiger partial charge in [0.1, 0.15) is 17.6 Å². The van der Waals surface area contributed by atoms with E-state index in [4.69, 9.17) is 9.15 Å². The maximum Gasteiger partial charge on any atom is 0.340 e. The van der Waals surface area contributed by atoms with E-state index in [1.54, 1.807) is 29.9 Å². The van der Waals surface area contributed by atoms with Crippen LogP contribution in [-0.4, -0.2) is 28.0 Å². The molecule has 8 nitrogen and oxygen atoms in total. The summed E-state index contributed by atoms with van der Waals surface area (Å²) in [5.74, 6) is -0.166. The Morgan fingerprint density at radius 1 is 1.18 bits per heavy atom. The number of aromatic nitrogens is 2. The van der Waals surface area contributed by atoms with Gasteiger partial charge < -0.3 is 19.0 Å². The van der Waals surface area contributed by atoms with Gasteiger partial charge in [0.05, 0.1) is 35.1 Å². The number of amides is 1. The molecular formula is C26H24N4O4. The number of nitriles is 1. The molecule has 0 unspecified atom stereocenters. The fourth-order valence-corrected chi connectivity index (χ4v) is 3.86. The first-order chi connectivity index (χ1) is 16.3. The summed E-state index contributed by atoms with van der Waals surface area (Å²) in [4.78, 5) is 29.8. The summed E-state index contributed by atoms with van der Waals surface area (Å²) in [7, 11) is 0. The molecule has 0 atom stereocenters. The lowest BCUT2D eigenvalue weighted by Gasteiger charge is -2.12. The molecule has 3 heterocycles. The maximum atomic E-state index is 12.7. The van der Waals surface area contributed by atoms with Crippen molar-refractivity contribution in [2.24, 2.45) is 0 Å². The van der Waals surface area contributed by atoms with E-state index in [9.17, 15) is 14.9 Å². The number of nitrogens with one attached hydrogen (secondary N) is 1. The van der Waals surface area contributed by atoms with E-state index in [1.807, 2.05) is 45.0 Å². The second-order valence-electron chi connectivity index (χ2n) is 8.15. The number of carbonyl (C=O) groups is 2. The number of anilines is 1. The fraction of sp³-hybridized carbons (Fsp3) is 0.231. The third-order valence-corrected chi connectivity index (χ3v) is 5.81. The fourth-order valence-electron chi connectivity index (χ4n) is 3.86. The number of carbonyl (C=O) groups excluding carboxylic acids is 2. The third-order valence-electron chi connectivity index (χ3n) is 5.81. The Hall–Kier alpha value is -4.38. The Kier molecular flexibility index (Phi) is 6.19. The molecule has 8 heteroatoms. The molecule has 0 aliphatic rings. The third kappa shape index (κ3) is 4.41. The molecule has 0 fully saturated rings. The van der Waals surface area contributed by atoms with Crippen LogP contribution in [0, 0.1) is 39.0 Å². The van der Waals surface area contributed by atoms with Crippen LogP contribution in [-0.2, 0) is 16.1 Å². The van der Waals surface area contributed by atoms with Crippen molar-refractivity contribution < 1.29 is 18.7 Å². The Balaban J connectivity index is 1.51. The molecule has 0 aliphatic heterocycles. The van der Waals surface area contributed by atoms with Gasteiger partial charge in [0.15, 0.2) is 6.61 Å². The van der Waals surface area contributed by atoms with Crippen LogP contribution in [0.25, 0.3) is 10.9 Å². The molecule has 3 aromatic heterocycles. The number of rotatable bonds is 6. The zero-order valence-electron chi connectivity index (χ0n) is 19.4. The maximum absolute atomic E-state index is 12.7. The van der Waals surface area contributed by atoms with Gasteiger partial charge in [-0.3, -0.25) is 9.78 Å². The number of pyridine rings is 1. The van der Waals surface area contributed by atoms with Gasteiger partial charge in [-0.05, 0) is 63.6 Å². The average molecular weight is 457 g/mol. The molecule has 0 saturated carbocycles. The van der Waals surface area contributed by atoms with Gasteiger partial charge in [0.2, 0.25) is 0 Å². The van der Waals surface area contributed by atoms with Crippen LogP contribution in [0.2, 0.25) is 0 Å². The van der Waals surface area contributed by atoms with Gasteiger partial charge in [-0.15, -0.1) is 0 Å². The van der Waals surface area contributed by atoms with E-state index in [-0.39, 0.29) is 0 Å². The number of benzene rings is 1. The number of fused-ring (bicyclic) bond motifs is 1. The molecule has 1 N–H and O–H groups in total. The molecule has 4 aromatic rings. The Morgan fingerprint density at radius 2 is 1.97 bits per heavy atom. The lowest BCUT2D eigenvalue weighted by Crippen LogP contribution is -2.23. The zero-order chi connectivity index (χ0) is 24.4. The van der Waals surface area contributed by atoms with Crippen molar-refractivity contribution in [1.82, 2.24) is 9.55 Å². The second kappa shape index (κ2) is 9.24. The first-order valence-electron chi connectivity index (χ1n) is 10.8. The molecule has 0 radical (unpaired) electrons. The van der Waals surface area contributed by atoms with E-state index in [0.717, 1.165) is 27.7 Å². The molecule has 0 spiro atoms. The van der Waals surface area contributed by atoms with Crippen molar-refractivity contribution in [2.75, 3.05) is 11.9 Å². The quantitative estimate of drug-likeness (QED) is 0.425. The van der Waals surface area contributed by atoms with Crippen molar-refractivity contribution in [1.29, 1.82) is 5.26 Å². The van der Waals surface area contributed by atoms with E-state index >= 15 is 0 Å². The number of esters is 1. The highest BCUT2D eigenvalue weighted by Crippen LogP contribution is 2.27. The van der Waals surface area contributed by atoms with Crippen LogP contribution in [0.1, 0.15) is 44.2 Å². The number of furan rings is 1. The molecular weight excluding hydrogens is 432 g/mol. The molecule has 1 aromatic carbocycles. The highest BCUT2D eigenvalue weighted by Gasteiger charge is 2.21. The first kappa shape index (κ1) is 22.8. The van der Waals surface area contributed by atoms with Crippen molar-refractivity contribution in [3.63, 3.8) is 0 Å². The molecule has 0 aliphatic carbocycles. The van der Waals surface area contributed by atoms with Crippen molar-refractivity contribution >= 4 is 28.6 Å². The van der Waals surface area contributed by atoms with E-state index in [1.165, 1.54) is 0 Å². The monoisotopic (exact) mass is 456 g/mol. The first-order valence-corrected chi connectivity index (χ1v) is 10.8. The van der Waals surface area contributed by atoms with Crippen LogP contribution >= 0.6 is 0 Å². The topological polar surface area (TPSA) is 110 Å². The standard InChI is InChI=1S/C26H24N4O4/c1-15-7-8-23-19(10-15)11-21(17(3)28-23)26(32)34-14-24(31)29-25-22(12-27)16(2)18(4)30(25)13-20-6-5-9-33-20/h5-11H,13-14H2,1-4H3,(H,29,31). The van der Waals surface area contributed by atoms with Crippen LogP contribution in [0.4, 0.5) is 5.82 Å². The van der Waals surface area contributed by atoms with Crippen molar-refractivity contribution in [3.8, 4) is 6.07 Å². The molecule has 0 saturated heterocycles. The lowest BCUT2D eigenvalue weighted by atomic mass is 10.1. The Morgan fingerprint density at radius 3 is 2.68 bits per heavy atom. The predicted octanol–water partition coefficient (Wildman–Crippen LogP) is 4.58. The smallest absolute Gasteiger partial charge is 0.340 e. The molecule has 1 amide bonds. The summed E-state index contributed by atoms with van der Waals surface area (Å²) in [6.45, 7) is 7.22. The van der Waals surface area contributed by atoms with E-state index in [0.29, 0.717) is 34.9 Å².